The maximum Gasteiger partial charge on any atom is 0.255 e. The third-order valence-corrected chi connectivity index (χ3v) is 6.51. The SMILES string of the molecule is O=C(Nc1cccc(S(=O)(=O)N2CCCCCC2)c1)c1cccc(Cl)c1. The smallest absolute Gasteiger partial charge is 0.255 e. The van der Waals surface area contributed by atoms with Crippen LogP contribution in [0.25, 0.3) is 0 Å². The number of halogens is 1. The van der Waals surface area contributed by atoms with Gasteiger partial charge in [0.05, 0.1) is 4.90 Å². The Hall–Kier alpha value is -1.89. The first-order chi connectivity index (χ1) is 12.5. The van der Waals surface area contributed by atoms with Gasteiger partial charge in [-0.2, -0.15) is 4.31 Å². The molecule has 0 aliphatic carbocycles. The van der Waals surface area contributed by atoms with Crippen LogP contribution in [0.3, 0.4) is 0 Å². The van der Waals surface area contributed by atoms with E-state index in [4.69, 9.17) is 11.6 Å². The lowest BCUT2D eigenvalue weighted by Crippen LogP contribution is -2.32. The molecule has 0 bridgehead atoms. The molecule has 7 heteroatoms. The number of benzene rings is 2. The lowest BCUT2D eigenvalue weighted by Gasteiger charge is -2.20. The van der Waals surface area contributed by atoms with Gasteiger partial charge in [0.1, 0.15) is 0 Å². The second-order valence-corrected chi connectivity index (χ2v) is 8.68. The number of carbonyl (C=O) groups excluding carboxylic acids is 1. The third-order valence-electron chi connectivity index (χ3n) is 4.38. The highest BCUT2D eigenvalue weighted by Gasteiger charge is 2.25. The molecule has 2 aromatic rings. The zero-order valence-electron chi connectivity index (χ0n) is 14.3. The average molecular weight is 393 g/mol. The lowest BCUT2D eigenvalue weighted by molar-refractivity contribution is 0.102. The molecule has 138 valence electrons. The van der Waals surface area contributed by atoms with Crippen LogP contribution < -0.4 is 5.32 Å². The molecule has 1 aliphatic rings. The maximum absolute atomic E-state index is 12.9. The Morgan fingerprint density at radius 1 is 0.962 bits per heavy atom. The predicted octanol–water partition coefficient (Wildman–Crippen LogP) is 4.16. The first kappa shape index (κ1) is 18.9. The Labute approximate surface area is 159 Å². The summed E-state index contributed by atoms with van der Waals surface area (Å²) in [6, 6.07) is 13.0. The maximum atomic E-state index is 12.9. The minimum atomic E-state index is -3.55. The molecule has 3 rings (SSSR count). The Bertz CT molecular complexity index is 891. The van der Waals surface area contributed by atoms with E-state index in [1.54, 1.807) is 42.5 Å². The fraction of sp³-hybridized carbons (Fsp3) is 0.316. The van der Waals surface area contributed by atoms with E-state index < -0.39 is 10.0 Å². The van der Waals surface area contributed by atoms with Crippen LogP contribution in [-0.4, -0.2) is 31.7 Å². The summed E-state index contributed by atoms with van der Waals surface area (Å²) in [7, 11) is -3.55. The van der Waals surface area contributed by atoms with Crippen molar-refractivity contribution in [2.75, 3.05) is 18.4 Å². The zero-order valence-corrected chi connectivity index (χ0v) is 15.9. The molecule has 1 fully saturated rings. The Morgan fingerprint density at radius 3 is 2.35 bits per heavy atom. The molecule has 0 saturated carbocycles. The second kappa shape index (κ2) is 8.20. The van der Waals surface area contributed by atoms with Crippen LogP contribution in [0.1, 0.15) is 36.0 Å². The van der Waals surface area contributed by atoms with Crippen LogP contribution in [0.5, 0.6) is 0 Å². The Balaban J connectivity index is 1.80. The van der Waals surface area contributed by atoms with Crippen molar-refractivity contribution in [3.63, 3.8) is 0 Å². The van der Waals surface area contributed by atoms with E-state index in [1.165, 1.54) is 10.4 Å². The van der Waals surface area contributed by atoms with Gasteiger partial charge >= 0.3 is 0 Å². The summed E-state index contributed by atoms with van der Waals surface area (Å²) in [4.78, 5) is 12.5. The standard InChI is InChI=1S/C19H21ClN2O3S/c20-16-8-5-7-15(13-16)19(23)21-17-9-6-10-18(14-17)26(24,25)22-11-3-1-2-4-12-22/h5-10,13-14H,1-4,11-12H2,(H,21,23). The highest BCUT2D eigenvalue weighted by atomic mass is 35.5. The van der Waals surface area contributed by atoms with Crippen LogP contribution in [0.2, 0.25) is 5.02 Å². The highest BCUT2D eigenvalue weighted by molar-refractivity contribution is 7.89. The predicted molar refractivity (Wildman–Crippen MR) is 103 cm³/mol. The minimum absolute atomic E-state index is 0.197. The molecule has 0 radical (unpaired) electrons. The number of carbonyl (C=O) groups is 1. The molecule has 0 atom stereocenters. The number of anilines is 1. The van der Waals surface area contributed by atoms with Gasteiger partial charge in [0.25, 0.3) is 5.91 Å². The molecular formula is C19H21ClN2O3S. The first-order valence-corrected chi connectivity index (χ1v) is 10.5. The monoisotopic (exact) mass is 392 g/mol. The molecular weight excluding hydrogens is 372 g/mol. The molecule has 0 spiro atoms. The first-order valence-electron chi connectivity index (χ1n) is 8.64. The van der Waals surface area contributed by atoms with E-state index in [1.807, 2.05) is 0 Å². The summed E-state index contributed by atoms with van der Waals surface area (Å²) in [5.74, 6) is -0.336. The average Bonchev–Trinajstić information content (AvgIpc) is 2.92. The second-order valence-electron chi connectivity index (χ2n) is 6.31. The molecule has 1 aliphatic heterocycles. The van der Waals surface area contributed by atoms with Crippen molar-refractivity contribution in [1.29, 1.82) is 0 Å². The molecule has 5 nitrogen and oxygen atoms in total. The van der Waals surface area contributed by atoms with Gasteiger partial charge in [0, 0.05) is 29.4 Å². The van der Waals surface area contributed by atoms with Crippen molar-refractivity contribution < 1.29 is 13.2 Å². The summed E-state index contributed by atoms with van der Waals surface area (Å²) in [5, 5.41) is 3.20. The van der Waals surface area contributed by atoms with Crippen molar-refractivity contribution in [3.05, 3.63) is 59.1 Å². The van der Waals surface area contributed by atoms with E-state index >= 15 is 0 Å². The third kappa shape index (κ3) is 4.44. The molecule has 1 N–H and O–H groups in total. The number of hydrogen-bond donors (Lipinski definition) is 1. The number of hydrogen-bond acceptors (Lipinski definition) is 3. The number of nitrogens with zero attached hydrogens (tertiary/aromatic N) is 1. The Morgan fingerprint density at radius 2 is 1.65 bits per heavy atom. The fourth-order valence-electron chi connectivity index (χ4n) is 3.00. The van der Waals surface area contributed by atoms with E-state index in [0.717, 1.165) is 25.7 Å². The van der Waals surface area contributed by atoms with Gasteiger partial charge in [-0.15, -0.1) is 0 Å². The largest absolute Gasteiger partial charge is 0.322 e. The molecule has 26 heavy (non-hydrogen) atoms. The van der Waals surface area contributed by atoms with Gasteiger partial charge in [0.2, 0.25) is 10.0 Å². The van der Waals surface area contributed by atoms with Crippen LogP contribution in [0.4, 0.5) is 5.69 Å². The van der Waals surface area contributed by atoms with Crippen LogP contribution >= 0.6 is 11.6 Å². The van der Waals surface area contributed by atoms with Gasteiger partial charge in [-0.25, -0.2) is 8.42 Å². The topological polar surface area (TPSA) is 66.5 Å². The number of nitrogens with one attached hydrogen (secondary N) is 1. The molecule has 0 aromatic heterocycles. The lowest BCUT2D eigenvalue weighted by atomic mass is 10.2. The van der Waals surface area contributed by atoms with E-state index in [-0.39, 0.29) is 10.8 Å². The summed E-state index contributed by atoms with van der Waals surface area (Å²) < 4.78 is 27.3. The van der Waals surface area contributed by atoms with Crippen molar-refractivity contribution in [3.8, 4) is 0 Å². The van der Waals surface area contributed by atoms with E-state index in [9.17, 15) is 13.2 Å². The van der Waals surface area contributed by atoms with E-state index in [0.29, 0.717) is 29.4 Å². The molecule has 2 aromatic carbocycles. The zero-order chi connectivity index (χ0) is 18.6. The number of rotatable bonds is 4. The van der Waals surface area contributed by atoms with Crippen LogP contribution in [0, 0.1) is 0 Å². The molecule has 1 heterocycles. The number of amides is 1. The Kier molecular flexibility index (Phi) is 5.96. The fourth-order valence-corrected chi connectivity index (χ4v) is 4.75. The van der Waals surface area contributed by atoms with Crippen molar-refractivity contribution in [2.45, 2.75) is 30.6 Å². The van der Waals surface area contributed by atoms with Gasteiger partial charge < -0.3 is 5.32 Å². The number of sulfonamides is 1. The van der Waals surface area contributed by atoms with Crippen molar-refractivity contribution in [1.82, 2.24) is 4.31 Å². The highest BCUT2D eigenvalue weighted by Crippen LogP contribution is 2.23. The van der Waals surface area contributed by atoms with Gasteiger partial charge in [-0.3, -0.25) is 4.79 Å². The summed E-state index contributed by atoms with van der Waals surface area (Å²) in [5.41, 5.74) is 0.851. The van der Waals surface area contributed by atoms with Crippen LogP contribution in [0.15, 0.2) is 53.4 Å². The van der Waals surface area contributed by atoms with Gasteiger partial charge in [-0.1, -0.05) is 36.6 Å². The van der Waals surface area contributed by atoms with Crippen molar-refractivity contribution in [2.24, 2.45) is 0 Å². The van der Waals surface area contributed by atoms with Crippen molar-refractivity contribution >= 4 is 33.2 Å². The molecule has 1 amide bonds. The minimum Gasteiger partial charge on any atom is -0.322 e. The molecule has 1 saturated heterocycles. The molecule has 0 unspecified atom stereocenters. The summed E-state index contributed by atoms with van der Waals surface area (Å²) >= 11 is 5.91. The quantitative estimate of drug-likeness (QED) is 0.849. The van der Waals surface area contributed by atoms with E-state index in [2.05, 4.69) is 5.32 Å². The van der Waals surface area contributed by atoms with Gasteiger partial charge in [-0.05, 0) is 49.2 Å². The summed E-state index contributed by atoms with van der Waals surface area (Å²) in [6.07, 6.45) is 3.87. The van der Waals surface area contributed by atoms with Crippen LogP contribution in [-0.2, 0) is 10.0 Å². The van der Waals surface area contributed by atoms with Gasteiger partial charge in [0.15, 0.2) is 0 Å². The normalized spacial score (nSPS) is 16.0. The summed E-state index contributed by atoms with van der Waals surface area (Å²) in [6.45, 7) is 1.09.